The molecule has 2 heterocycles. The molecule has 1 aromatic heterocycles. The fourth-order valence-corrected chi connectivity index (χ4v) is 5.36. The molecule has 0 saturated carbocycles. The maximum atomic E-state index is 13.1. The lowest BCUT2D eigenvalue weighted by atomic mass is 10.0. The molecule has 0 spiro atoms. The van der Waals surface area contributed by atoms with Crippen LogP contribution >= 0.6 is 15.9 Å². The van der Waals surface area contributed by atoms with Crippen molar-refractivity contribution in [2.24, 2.45) is 5.92 Å². The summed E-state index contributed by atoms with van der Waals surface area (Å²) >= 11 is 3.34. The largest absolute Gasteiger partial charge is 0.278 e. The van der Waals surface area contributed by atoms with E-state index < -0.39 is 10.0 Å². The maximum Gasteiger partial charge on any atom is 0.278 e. The highest BCUT2D eigenvalue weighted by atomic mass is 79.9. The molecule has 0 unspecified atom stereocenters. The van der Waals surface area contributed by atoms with E-state index in [0.717, 1.165) is 17.3 Å². The van der Waals surface area contributed by atoms with Gasteiger partial charge >= 0.3 is 0 Å². The third kappa shape index (κ3) is 3.50. The number of nitrogens with zero attached hydrogens (tertiary/aromatic N) is 3. The van der Waals surface area contributed by atoms with Crippen LogP contribution in [0.25, 0.3) is 0 Å². The Bertz CT molecular complexity index is 927. The second-order valence-electron chi connectivity index (χ2n) is 6.81. The SMILES string of the molecule is Cc1nn(C(=O)c2ccc(Br)cc2)c(C)c1S(=O)(=O)N1CCC(C)CC1. The second kappa shape index (κ2) is 7.25. The van der Waals surface area contributed by atoms with Crippen LogP contribution < -0.4 is 0 Å². The average Bonchev–Trinajstić information content (AvgIpc) is 2.90. The minimum Gasteiger partial charge on any atom is -0.267 e. The summed E-state index contributed by atoms with van der Waals surface area (Å²) in [5.74, 6) is 0.192. The third-order valence-electron chi connectivity index (χ3n) is 4.85. The standard InChI is InChI=1S/C18H22BrN3O3S/c1-12-8-10-21(11-9-12)26(24,25)17-13(2)20-22(14(17)3)18(23)15-4-6-16(19)7-5-15/h4-7,12H,8-11H2,1-3H3. The molecule has 0 amide bonds. The normalized spacial score (nSPS) is 16.8. The van der Waals surface area contributed by atoms with Crippen molar-refractivity contribution in [2.75, 3.05) is 13.1 Å². The summed E-state index contributed by atoms with van der Waals surface area (Å²) in [6.45, 7) is 6.42. The zero-order valence-electron chi connectivity index (χ0n) is 15.1. The number of hydrogen-bond acceptors (Lipinski definition) is 4. The average molecular weight is 440 g/mol. The van der Waals surface area contributed by atoms with Crippen LogP contribution in [0.15, 0.2) is 33.6 Å². The molecule has 2 aromatic rings. The highest BCUT2D eigenvalue weighted by Crippen LogP contribution is 2.28. The van der Waals surface area contributed by atoms with Crippen molar-refractivity contribution in [3.8, 4) is 0 Å². The highest BCUT2D eigenvalue weighted by Gasteiger charge is 2.34. The lowest BCUT2D eigenvalue weighted by molar-refractivity contribution is 0.0942. The van der Waals surface area contributed by atoms with Crippen LogP contribution in [0.5, 0.6) is 0 Å². The van der Waals surface area contributed by atoms with E-state index in [9.17, 15) is 13.2 Å². The minimum atomic E-state index is -3.66. The quantitative estimate of drug-likeness (QED) is 0.734. The molecule has 1 aromatic carbocycles. The van der Waals surface area contributed by atoms with Crippen molar-refractivity contribution in [2.45, 2.75) is 38.5 Å². The smallest absolute Gasteiger partial charge is 0.267 e. The first-order valence-electron chi connectivity index (χ1n) is 8.58. The molecule has 1 aliphatic heterocycles. The monoisotopic (exact) mass is 439 g/mol. The highest BCUT2D eigenvalue weighted by molar-refractivity contribution is 9.10. The maximum absolute atomic E-state index is 13.1. The Labute approximate surface area is 162 Å². The van der Waals surface area contributed by atoms with Gasteiger partial charge in [0.25, 0.3) is 5.91 Å². The van der Waals surface area contributed by atoms with Crippen molar-refractivity contribution in [1.29, 1.82) is 0 Å². The zero-order chi connectivity index (χ0) is 19.1. The topological polar surface area (TPSA) is 72.3 Å². The molecule has 26 heavy (non-hydrogen) atoms. The molecular weight excluding hydrogens is 418 g/mol. The molecule has 1 aliphatic rings. The van der Waals surface area contributed by atoms with Crippen LogP contribution in [0, 0.1) is 19.8 Å². The molecule has 1 saturated heterocycles. The predicted molar refractivity (Wildman–Crippen MR) is 103 cm³/mol. The van der Waals surface area contributed by atoms with Gasteiger partial charge in [-0.25, -0.2) is 8.42 Å². The molecule has 0 aliphatic carbocycles. The molecule has 0 radical (unpaired) electrons. The van der Waals surface area contributed by atoms with Crippen LogP contribution in [0.4, 0.5) is 0 Å². The first-order chi connectivity index (χ1) is 12.2. The van der Waals surface area contributed by atoms with Crippen LogP contribution in [0.3, 0.4) is 0 Å². The summed E-state index contributed by atoms with van der Waals surface area (Å²) in [6, 6.07) is 6.91. The summed E-state index contributed by atoms with van der Waals surface area (Å²) in [5.41, 5.74) is 1.16. The summed E-state index contributed by atoms with van der Waals surface area (Å²) in [5, 5.41) is 4.23. The fourth-order valence-electron chi connectivity index (χ4n) is 3.27. The number of aromatic nitrogens is 2. The number of hydrogen-bond donors (Lipinski definition) is 0. The van der Waals surface area contributed by atoms with E-state index in [0.29, 0.717) is 36.0 Å². The molecule has 8 heteroatoms. The minimum absolute atomic E-state index is 0.150. The van der Waals surface area contributed by atoms with E-state index in [4.69, 9.17) is 0 Å². The number of halogens is 1. The van der Waals surface area contributed by atoms with Gasteiger partial charge in [-0.2, -0.15) is 14.1 Å². The Morgan fingerprint density at radius 1 is 1.15 bits per heavy atom. The number of sulfonamides is 1. The summed E-state index contributed by atoms with van der Waals surface area (Å²) in [6.07, 6.45) is 1.70. The third-order valence-corrected chi connectivity index (χ3v) is 7.53. The fraction of sp³-hybridized carbons (Fsp3) is 0.444. The number of aryl methyl sites for hydroxylation is 1. The number of rotatable bonds is 3. The van der Waals surface area contributed by atoms with Crippen LogP contribution in [0.2, 0.25) is 0 Å². The number of carbonyl (C=O) groups excluding carboxylic acids is 1. The molecule has 0 N–H and O–H groups in total. The van der Waals surface area contributed by atoms with Gasteiger partial charge in [0.2, 0.25) is 10.0 Å². The molecular formula is C18H22BrN3O3S. The summed E-state index contributed by atoms with van der Waals surface area (Å²) < 4.78 is 29.8. The van der Waals surface area contributed by atoms with Gasteiger partial charge in [0, 0.05) is 23.1 Å². The molecule has 6 nitrogen and oxygen atoms in total. The van der Waals surface area contributed by atoms with E-state index in [-0.39, 0.29) is 10.8 Å². The number of benzene rings is 1. The first-order valence-corrected chi connectivity index (χ1v) is 10.8. The van der Waals surface area contributed by atoms with E-state index in [1.165, 1.54) is 8.99 Å². The Balaban J connectivity index is 1.98. The van der Waals surface area contributed by atoms with Crippen LogP contribution in [-0.4, -0.2) is 41.5 Å². The van der Waals surface area contributed by atoms with Gasteiger partial charge in [-0.15, -0.1) is 0 Å². The lowest BCUT2D eigenvalue weighted by Gasteiger charge is -2.29. The van der Waals surface area contributed by atoms with Crippen LogP contribution in [0.1, 0.15) is 41.5 Å². The molecule has 3 rings (SSSR count). The summed E-state index contributed by atoms with van der Waals surface area (Å²) in [7, 11) is -3.66. The van der Waals surface area contributed by atoms with Crippen molar-refractivity contribution in [3.05, 3.63) is 45.7 Å². The van der Waals surface area contributed by atoms with E-state index in [2.05, 4.69) is 28.0 Å². The lowest BCUT2D eigenvalue weighted by Crippen LogP contribution is -2.38. The molecule has 0 atom stereocenters. The first kappa shape index (κ1) is 19.3. The van der Waals surface area contributed by atoms with Crippen molar-refractivity contribution < 1.29 is 13.2 Å². The van der Waals surface area contributed by atoms with Crippen LogP contribution in [-0.2, 0) is 10.0 Å². The molecule has 140 valence electrons. The van der Waals surface area contributed by atoms with Gasteiger partial charge < -0.3 is 0 Å². The van der Waals surface area contributed by atoms with Gasteiger partial charge in [0.15, 0.2) is 0 Å². The Hall–Kier alpha value is -1.51. The Morgan fingerprint density at radius 2 is 1.73 bits per heavy atom. The van der Waals surface area contributed by atoms with Gasteiger partial charge in [0.05, 0.1) is 11.4 Å². The van der Waals surface area contributed by atoms with Crippen molar-refractivity contribution >= 4 is 31.9 Å². The second-order valence-corrected chi connectivity index (χ2v) is 9.60. The van der Waals surface area contributed by atoms with Gasteiger partial charge in [0.1, 0.15) is 4.90 Å². The van der Waals surface area contributed by atoms with Gasteiger partial charge in [-0.1, -0.05) is 22.9 Å². The molecule has 0 bridgehead atoms. The Kier molecular flexibility index (Phi) is 5.37. The van der Waals surface area contributed by atoms with Crippen molar-refractivity contribution in [1.82, 2.24) is 14.1 Å². The van der Waals surface area contributed by atoms with E-state index in [1.54, 1.807) is 38.1 Å². The molecule has 1 fully saturated rings. The predicted octanol–water partition coefficient (Wildman–Crippen LogP) is 3.37. The van der Waals surface area contributed by atoms with Crippen molar-refractivity contribution in [3.63, 3.8) is 0 Å². The Morgan fingerprint density at radius 3 is 2.31 bits per heavy atom. The summed E-state index contributed by atoms with van der Waals surface area (Å²) in [4.78, 5) is 12.9. The van der Waals surface area contributed by atoms with E-state index >= 15 is 0 Å². The van der Waals surface area contributed by atoms with E-state index in [1.807, 2.05) is 0 Å². The number of piperidine rings is 1. The zero-order valence-corrected chi connectivity index (χ0v) is 17.5. The van der Waals surface area contributed by atoms with Gasteiger partial charge in [-0.05, 0) is 56.9 Å². The van der Waals surface area contributed by atoms with Gasteiger partial charge in [-0.3, -0.25) is 4.79 Å². The number of carbonyl (C=O) groups is 1.